The van der Waals surface area contributed by atoms with Gasteiger partial charge in [-0.25, -0.2) is 0 Å². The summed E-state index contributed by atoms with van der Waals surface area (Å²) in [4.78, 5) is 18.2. The normalized spacial score (nSPS) is 16.6. The van der Waals surface area contributed by atoms with Crippen LogP contribution in [0.25, 0.3) is 0 Å². The molecule has 2 heterocycles. The second-order valence-corrected chi connectivity index (χ2v) is 13.9. The number of aliphatic hydroxyl groups is 2. The molecule has 2 unspecified atom stereocenters. The van der Waals surface area contributed by atoms with Gasteiger partial charge >= 0.3 is 7.60 Å². The molecule has 0 aliphatic carbocycles. The quantitative estimate of drug-likeness (QED) is 0.0492. The Hall–Kier alpha value is -1.49. The van der Waals surface area contributed by atoms with Gasteiger partial charge in [-0.15, -0.1) is 0 Å². The lowest BCUT2D eigenvalue weighted by atomic mass is 10.0. The van der Waals surface area contributed by atoms with E-state index in [9.17, 15) is 19.6 Å². The molecule has 0 aromatic carbocycles. The van der Waals surface area contributed by atoms with Crippen molar-refractivity contribution in [2.45, 2.75) is 128 Å². The second-order valence-electron chi connectivity index (χ2n) is 11.8. The molecule has 0 bridgehead atoms. The minimum Gasteiger partial charge on any atom is -0.480 e. The average molecular weight is 631 g/mol. The molecule has 6 N–H and O–H groups in total. The summed E-state index contributed by atoms with van der Waals surface area (Å²) in [6.07, 6.45) is 19.9. The van der Waals surface area contributed by atoms with Crippen molar-refractivity contribution in [3.05, 3.63) is 16.0 Å². The van der Waals surface area contributed by atoms with Gasteiger partial charge < -0.3 is 35.0 Å². The maximum absolute atomic E-state index is 13.1. The van der Waals surface area contributed by atoms with E-state index in [0.29, 0.717) is 37.7 Å². The van der Waals surface area contributed by atoms with Gasteiger partial charge in [-0.1, -0.05) is 96.3 Å². The van der Waals surface area contributed by atoms with Crippen LogP contribution in [0.15, 0.2) is 4.79 Å². The van der Waals surface area contributed by atoms with E-state index in [1.807, 2.05) is 0 Å². The van der Waals surface area contributed by atoms with E-state index in [0.717, 1.165) is 25.7 Å². The van der Waals surface area contributed by atoms with E-state index in [1.165, 1.54) is 83.5 Å². The number of H-pyrrole nitrogens is 1. The fourth-order valence-corrected chi connectivity index (χ4v) is 7.32. The first-order chi connectivity index (χ1) is 20.9. The molecule has 0 saturated heterocycles. The summed E-state index contributed by atoms with van der Waals surface area (Å²) in [6.45, 7) is 3.81. The van der Waals surface area contributed by atoms with E-state index in [1.54, 1.807) is 6.92 Å². The number of fused-ring (bicyclic) bond motifs is 1. The Morgan fingerprint density at radius 2 is 1.44 bits per heavy atom. The van der Waals surface area contributed by atoms with Crippen LogP contribution in [0.2, 0.25) is 0 Å². The number of rotatable bonds is 28. The van der Waals surface area contributed by atoms with Crippen molar-refractivity contribution in [3.63, 3.8) is 0 Å². The highest BCUT2D eigenvalue weighted by atomic mass is 31.2. The van der Waals surface area contributed by atoms with Crippen LogP contribution in [-0.2, 0) is 13.6 Å². The summed E-state index contributed by atoms with van der Waals surface area (Å²) in [7, 11) is -3.40. The number of hydrogen-bond acceptors (Lipinski definition) is 10. The molecule has 0 fully saturated rings. The van der Waals surface area contributed by atoms with Gasteiger partial charge in [-0.3, -0.25) is 14.3 Å². The van der Waals surface area contributed by atoms with E-state index in [-0.39, 0.29) is 25.2 Å². The third-order valence-corrected chi connectivity index (χ3v) is 10.1. The minimum atomic E-state index is -3.40. The van der Waals surface area contributed by atoms with Crippen LogP contribution < -0.4 is 16.2 Å². The zero-order chi connectivity index (χ0) is 31.2. The number of aliphatic hydroxyl groups excluding tert-OH is 2. The molecule has 1 aromatic heterocycles. The first kappa shape index (κ1) is 37.7. The third-order valence-electron chi connectivity index (χ3n) is 7.97. The monoisotopic (exact) mass is 630 g/mol. The molecule has 43 heavy (non-hydrogen) atoms. The van der Waals surface area contributed by atoms with Gasteiger partial charge in [-0.2, -0.15) is 4.98 Å². The Balaban J connectivity index is 1.45. The molecule has 0 radical (unpaired) electrons. The topological polar surface area (TPSA) is 166 Å². The van der Waals surface area contributed by atoms with Crippen LogP contribution in [0, 0.1) is 0 Å². The SMILES string of the molecule is CCOP(=O)(C[C@H](O)CNCC1CNc2c1nc(O)[nH]c2=O)OCCCCCCCCCCCCCCCCCCCO. The fraction of sp³-hybridized carbons (Fsp3) is 0.871. The molecule has 11 nitrogen and oxygen atoms in total. The highest BCUT2D eigenvalue weighted by Gasteiger charge is 2.30. The predicted molar refractivity (Wildman–Crippen MR) is 172 cm³/mol. The summed E-state index contributed by atoms with van der Waals surface area (Å²) in [6, 6.07) is -0.419. The summed E-state index contributed by atoms with van der Waals surface area (Å²) in [5, 5.41) is 35.0. The molecule has 1 aliphatic heterocycles. The summed E-state index contributed by atoms with van der Waals surface area (Å²) in [5.74, 6) is -0.135. The molecule has 0 spiro atoms. The summed E-state index contributed by atoms with van der Waals surface area (Å²) >= 11 is 0. The van der Waals surface area contributed by atoms with Crippen molar-refractivity contribution in [3.8, 4) is 6.01 Å². The number of aromatic hydroxyl groups is 1. The molecular weight excluding hydrogens is 571 g/mol. The Labute approximate surface area is 258 Å². The van der Waals surface area contributed by atoms with Crippen LogP contribution in [0.5, 0.6) is 6.01 Å². The van der Waals surface area contributed by atoms with Crippen molar-refractivity contribution in [2.24, 2.45) is 0 Å². The van der Waals surface area contributed by atoms with E-state index in [2.05, 4.69) is 20.6 Å². The number of nitrogens with zero attached hydrogens (tertiary/aromatic N) is 1. The van der Waals surface area contributed by atoms with Gasteiger partial charge in [0.05, 0.1) is 31.2 Å². The number of aromatic amines is 1. The van der Waals surface area contributed by atoms with E-state index in [4.69, 9.17) is 14.2 Å². The van der Waals surface area contributed by atoms with Crippen LogP contribution >= 0.6 is 7.60 Å². The highest BCUT2D eigenvalue weighted by molar-refractivity contribution is 7.53. The summed E-state index contributed by atoms with van der Waals surface area (Å²) in [5.41, 5.74) is 0.435. The first-order valence-electron chi connectivity index (χ1n) is 16.8. The van der Waals surface area contributed by atoms with E-state index >= 15 is 0 Å². The van der Waals surface area contributed by atoms with Gasteiger partial charge in [0.15, 0.2) is 0 Å². The Kier molecular flexibility index (Phi) is 20.1. The standard InChI is InChI=1S/C31H59N4O7P/c1-2-41-43(40,25-27(37)24-32-22-26-23-33-29-28(26)34-31(39)35-30(29)38)42-21-19-17-15-13-11-9-7-5-3-4-6-8-10-12-14-16-18-20-36/h26-27,32-33,36-37H,2-25H2,1H3,(H2,34,35,38,39)/t26?,27-,43?/m1/s1. The third kappa shape index (κ3) is 16.4. The maximum atomic E-state index is 13.1. The fourth-order valence-electron chi connectivity index (χ4n) is 5.59. The Morgan fingerprint density at radius 1 is 0.907 bits per heavy atom. The number of aromatic nitrogens is 2. The lowest BCUT2D eigenvalue weighted by Crippen LogP contribution is -2.33. The molecule has 0 saturated carbocycles. The number of anilines is 1. The van der Waals surface area contributed by atoms with Gasteiger partial charge in [-0.05, 0) is 19.8 Å². The Bertz CT molecular complexity index is 965. The second kappa shape index (κ2) is 22.9. The van der Waals surface area contributed by atoms with Gasteiger partial charge in [0, 0.05) is 32.2 Å². The molecule has 12 heteroatoms. The van der Waals surface area contributed by atoms with Crippen LogP contribution in [0.1, 0.15) is 128 Å². The largest absolute Gasteiger partial charge is 0.480 e. The zero-order valence-electron chi connectivity index (χ0n) is 26.5. The molecule has 0 amide bonds. The summed E-state index contributed by atoms with van der Waals surface area (Å²) < 4.78 is 24.3. The van der Waals surface area contributed by atoms with Crippen molar-refractivity contribution in [2.75, 3.05) is 50.9 Å². The average Bonchev–Trinajstić information content (AvgIpc) is 3.37. The molecule has 1 aliphatic rings. The Morgan fingerprint density at radius 3 is 1.98 bits per heavy atom. The van der Waals surface area contributed by atoms with Crippen molar-refractivity contribution < 1.29 is 28.9 Å². The van der Waals surface area contributed by atoms with Crippen LogP contribution in [0.4, 0.5) is 5.69 Å². The lowest BCUT2D eigenvalue weighted by Gasteiger charge is -2.21. The molecule has 250 valence electrons. The van der Waals surface area contributed by atoms with Gasteiger partial charge in [0.2, 0.25) is 0 Å². The number of unbranched alkanes of at least 4 members (excludes halogenated alkanes) is 16. The molecule has 1 aromatic rings. The molecule has 2 rings (SSSR count). The van der Waals surface area contributed by atoms with Crippen LogP contribution in [-0.4, -0.2) is 77.0 Å². The number of nitrogens with one attached hydrogen (secondary N) is 3. The van der Waals surface area contributed by atoms with Crippen molar-refractivity contribution in [1.29, 1.82) is 0 Å². The lowest BCUT2D eigenvalue weighted by molar-refractivity contribution is 0.162. The maximum Gasteiger partial charge on any atom is 0.333 e. The first-order valence-corrected chi connectivity index (χ1v) is 18.6. The highest BCUT2D eigenvalue weighted by Crippen LogP contribution is 2.48. The van der Waals surface area contributed by atoms with Crippen LogP contribution in [0.3, 0.4) is 0 Å². The predicted octanol–water partition coefficient (Wildman–Crippen LogP) is 5.81. The number of hydrogen-bond donors (Lipinski definition) is 6. The minimum absolute atomic E-state index is 0.0858. The molecular formula is C31H59N4O7P. The van der Waals surface area contributed by atoms with Crippen molar-refractivity contribution >= 4 is 13.3 Å². The molecule has 3 atom stereocenters. The van der Waals surface area contributed by atoms with Crippen molar-refractivity contribution in [1.82, 2.24) is 15.3 Å². The smallest absolute Gasteiger partial charge is 0.333 e. The zero-order valence-corrected chi connectivity index (χ0v) is 27.4. The van der Waals surface area contributed by atoms with Gasteiger partial charge in [0.25, 0.3) is 11.6 Å². The van der Waals surface area contributed by atoms with E-state index < -0.39 is 25.3 Å². The van der Waals surface area contributed by atoms with Gasteiger partial charge in [0.1, 0.15) is 5.69 Å².